The molecule has 0 bridgehead atoms. The van der Waals surface area contributed by atoms with Crippen molar-refractivity contribution in [2.45, 2.75) is 6.42 Å². The average Bonchev–Trinajstić information content (AvgIpc) is 2.41. The van der Waals surface area contributed by atoms with Gasteiger partial charge in [-0.2, -0.15) is 0 Å². The van der Waals surface area contributed by atoms with Gasteiger partial charge in [-0.15, -0.1) is 0 Å². The van der Waals surface area contributed by atoms with Gasteiger partial charge in [0.05, 0.1) is 10.6 Å². The summed E-state index contributed by atoms with van der Waals surface area (Å²) in [6, 6.07) is 8.03. The Kier molecular flexibility index (Phi) is 4.47. The van der Waals surface area contributed by atoms with Crippen LogP contribution in [0.3, 0.4) is 0 Å². The number of rotatable bonds is 4. The SMILES string of the molecule is O=C(NCCc1ccccc1F)c1ccncc1Cl. The molecule has 0 saturated carbocycles. The maximum atomic E-state index is 13.4. The smallest absolute Gasteiger partial charge is 0.252 e. The average molecular weight is 279 g/mol. The summed E-state index contributed by atoms with van der Waals surface area (Å²) in [5.41, 5.74) is 0.939. The Morgan fingerprint density at radius 3 is 2.84 bits per heavy atom. The topological polar surface area (TPSA) is 42.0 Å². The predicted octanol–water partition coefficient (Wildman–Crippen LogP) is 2.85. The molecule has 0 atom stereocenters. The van der Waals surface area contributed by atoms with Crippen molar-refractivity contribution in [3.8, 4) is 0 Å². The van der Waals surface area contributed by atoms with E-state index in [0.717, 1.165) is 0 Å². The number of hydrogen-bond donors (Lipinski definition) is 1. The van der Waals surface area contributed by atoms with E-state index in [-0.39, 0.29) is 11.7 Å². The third-order valence-corrected chi connectivity index (χ3v) is 2.96. The van der Waals surface area contributed by atoms with Gasteiger partial charge in [-0.1, -0.05) is 29.8 Å². The Balaban J connectivity index is 1.92. The first-order valence-corrected chi connectivity index (χ1v) is 6.17. The quantitative estimate of drug-likeness (QED) is 0.934. The van der Waals surface area contributed by atoms with Crippen LogP contribution < -0.4 is 5.32 Å². The highest BCUT2D eigenvalue weighted by molar-refractivity contribution is 6.33. The first-order valence-electron chi connectivity index (χ1n) is 5.79. The van der Waals surface area contributed by atoms with Crippen molar-refractivity contribution in [2.24, 2.45) is 0 Å². The summed E-state index contributed by atoms with van der Waals surface area (Å²) in [6.07, 6.45) is 3.34. The lowest BCUT2D eigenvalue weighted by molar-refractivity contribution is 0.0954. The van der Waals surface area contributed by atoms with Crippen molar-refractivity contribution in [3.63, 3.8) is 0 Å². The number of amides is 1. The fraction of sp³-hybridized carbons (Fsp3) is 0.143. The highest BCUT2D eigenvalue weighted by Gasteiger charge is 2.09. The Morgan fingerprint density at radius 2 is 2.11 bits per heavy atom. The number of halogens is 2. The number of nitrogens with one attached hydrogen (secondary N) is 1. The van der Waals surface area contributed by atoms with E-state index in [2.05, 4.69) is 10.3 Å². The van der Waals surface area contributed by atoms with E-state index in [0.29, 0.717) is 29.1 Å². The molecule has 1 heterocycles. The number of carbonyl (C=O) groups is 1. The number of hydrogen-bond acceptors (Lipinski definition) is 2. The molecule has 0 spiro atoms. The van der Waals surface area contributed by atoms with Crippen LogP contribution in [0.15, 0.2) is 42.7 Å². The molecule has 0 radical (unpaired) electrons. The lowest BCUT2D eigenvalue weighted by Gasteiger charge is -2.07. The van der Waals surface area contributed by atoms with Crippen LogP contribution >= 0.6 is 11.6 Å². The summed E-state index contributed by atoms with van der Waals surface area (Å²) in [4.78, 5) is 15.6. The Morgan fingerprint density at radius 1 is 1.32 bits per heavy atom. The second-order valence-electron chi connectivity index (χ2n) is 3.95. The zero-order valence-electron chi connectivity index (χ0n) is 10.1. The zero-order chi connectivity index (χ0) is 13.7. The molecule has 19 heavy (non-hydrogen) atoms. The van der Waals surface area contributed by atoms with Gasteiger partial charge in [0.25, 0.3) is 5.91 Å². The molecule has 1 N–H and O–H groups in total. The van der Waals surface area contributed by atoms with Gasteiger partial charge in [-0.25, -0.2) is 4.39 Å². The van der Waals surface area contributed by atoms with Gasteiger partial charge in [0, 0.05) is 18.9 Å². The second kappa shape index (κ2) is 6.29. The Hall–Kier alpha value is -1.94. The third-order valence-electron chi connectivity index (χ3n) is 2.65. The highest BCUT2D eigenvalue weighted by Crippen LogP contribution is 2.13. The Labute approximate surface area is 115 Å². The van der Waals surface area contributed by atoms with Gasteiger partial charge in [0.2, 0.25) is 0 Å². The first kappa shape index (κ1) is 13.5. The van der Waals surface area contributed by atoms with Crippen LogP contribution in [0.5, 0.6) is 0 Å². The number of nitrogens with zero attached hydrogens (tertiary/aromatic N) is 1. The fourth-order valence-corrected chi connectivity index (χ4v) is 1.87. The van der Waals surface area contributed by atoms with E-state index >= 15 is 0 Å². The van der Waals surface area contributed by atoms with Crippen LogP contribution in [0.2, 0.25) is 5.02 Å². The minimum atomic E-state index is -0.288. The number of aromatic nitrogens is 1. The maximum Gasteiger partial charge on any atom is 0.252 e. The van der Waals surface area contributed by atoms with E-state index in [1.165, 1.54) is 18.5 Å². The minimum absolute atomic E-state index is 0.265. The summed E-state index contributed by atoms with van der Waals surface area (Å²) in [6.45, 7) is 0.346. The van der Waals surface area contributed by atoms with E-state index in [4.69, 9.17) is 11.6 Å². The number of carbonyl (C=O) groups excluding carboxylic acids is 1. The summed E-state index contributed by atoms with van der Waals surface area (Å²) in [5.74, 6) is -0.553. The van der Waals surface area contributed by atoms with Crippen molar-refractivity contribution >= 4 is 17.5 Å². The molecular formula is C14H12ClFN2O. The number of benzene rings is 1. The summed E-state index contributed by atoms with van der Waals surface area (Å²) in [5, 5.41) is 2.99. The van der Waals surface area contributed by atoms with Crippen molar-refractivity contribution in [2.75, 3.05) is 6.54 Å². The third kappa shape index (κ3) is 3.51. The fourth-order valence-electron chi connectivity index (χ4n) is 1.67. The molecule has 0 fully saturated rings. The van der Waals surface area contributed by atoms with Crippen LogP contribution in [0.1, 0.15) is 15.9 Å². The molecule has 0 aliphatic carbocycles. The molecule has 5 heteroatoms. The Bertz CT molecular complexity index is 589. The normalized spacial score (nSPS) is 10.2. The molecule has 98 valence electrons. The van der Waals surface area contributed by atoms with Crippen molar-refractivity contribution < 1.29 is 9.18 Å². The molecule has 2 rings (SSSR count). The lowest BCUT2D eigenvalue weighted by atomic mass is 10.1. The summed E-state index contributed by atoms with van der Waals surface area (Å²) < 4.78 is 13.4. The molecule has 3 nitrogen and oxygen atoms in total. The lowest BCUT2D eigenvalue weighted by Crippen LogP contribution is -2.26. The minimum Gasteiger partial charge on any atom is -0.352 e. The van der Waals surface area contributed by atoms with E-state index in [1.807, 2.05) is 0 Å². The first-order chi connectivity index (χ1) is 9.18. The largest absolute Gasteiger partial charge is 0.352 e. The van der Waals surface area contributed by atoms with Gasteiger partial charge in [-0.05, 0) is 24.1 Å². The van der Waals surface area contributed by atoms with Crippen molar-refractivity contribution in [1.82, 2.24) is 10.3 Å². The van der Waals surface area contributed by atoms with Crippen LogP contribution in [-0.4, -0.2) is 17.4 Å². The van der Waals surface area contributed by atoms with Gasteiger partial charge in [0.1, 0.15) is 5.82 Å². The highest BCUT2D eigenvalue weighted by atomic mass is 35.5. The van der Waals surface area contributed by atoms with Crippen LogP contribution in [0.4, 0.5) is 4.39 Å². The van der Waals surface area contributed by atoms with Crippen molar-refractivity contribution in [3.05, 3.63) is 64.7 Å². The molecule has 0 aliphatic rings. The van der Waals surface area contributed by atoms with E-state index < -0.39 is 0 Å². The van der Waals surface area contributed by atoms with E-state index in [9.17, 15) is 9.18 Å². The molecule has 1 amide bonds. The van der Waals surface area contributed by atoms with Gasteiger partial charge in [0.15, 0.2) is 0 Å². The molecule has 2 aromatic rings. The number of pyridine rings is 1. The molecule has 0 saturated heterocycles. The van der Waals surface area contributed by atoms with Crippen molar-refractivity contribution in [1.29, 1.82) is 0 Å². The summed E-state index contributed by atoms with van der Waals surface area (Å²) in [7, 11) is 0. The second-order valence-corrected chi connectivity index (χ2v) is 4.36. The molecule has 0 unspecified atom stereocenters. The van der Waals surface area contributed by atoms with Gasteiger partial charge >= 0.3 is 0 Å². The molecule has 1 aromatic carbocycles. The molecule has 0 aliphatic heterocycles. The zero-order valence-corrected chi connectivity index (χ0v) is 10.8. The maximum absolute atomic E-state index is 13.4. The molecular weight excluding hydrogens is 267 g/mol. The van der Waals surface area contributed by atoms with E-state index in [1.54, 1.807) is 24.3 Å². The van der Waals surface area contributed by atoms with Gasteiger partial charge in [-0.3, -0.25) is 9.78 Å². The summed E-state index contributed by atoms with van der Waals surface area (Å²) >= 11 is 5.86. The van der Waals surface area contributed by atoms with Crippen LogP contribution in [-0.2, 0) is 6.42 Å². The standard InChI is InChI=1S/C14H12ClFN2O/c15-12-9-17-7-6-11(12)14(19)18-8-5-10-3-1-2-4-13(10)16/h1-4,6-7,9H,5,8H2,(H,18,19). The molecule has 1 aromatic heterocycles. The monoisotopic (exact) mass is 278 g/mol. The van der Waals surface area contributed by atoms with Crippen LogP contribution in [0.25, 0.3) is 0 Å². The predicted molar refractivity (Wildman–Crippen MR) is 71.7 cm³/mol. The van der Waals surface area contributed by atoms with Gasteiger partial charge < -0.3 is 5.32 Å². The van der Waals surface area contributed by atoms with Crippen LogP contribution in [0, 0.1) is 5.82 Å².